The second kappa shape index (κ2) is 5.23. The number of sulfonamides is 1. The lowest BCUT2D eigenvalue weighted by Gasteiger charge is -2.06. The van der Waals surface area contributed by atoms with Crippen LogP contribution in [0.25, 0.3) is 10.9 Å². The van der Waals surface area contributed by atoms with Crippen LogP contribution >= 0.6 is 0 Å². The average Bonchev–Trinajstić information content (AvgIpc) is 2.90. The molecule has 1 aromatic heterocycles. The highest BCUT2D eigenvalue weighted by Crippen LogP contribution is 2.24. The van der Waals surface area contributed by atoms with Crippen LogP contribution in [0.2, 0.25) is 0 Å². The van der Waals surface area contributed by atoms with Crippen molar-refractivity contribution in [2.75, 3.05) is 5.73 Å². The van der Waals surface area contributed by atoms with E-state index in [2.05, 4.69) is 9.71 Å². The Kier molecular flexibility index (Phi) is 3.40. The Balaban J connectivity index is 1.91. The number of fused-ring (bicyclic) bond motifs is 1. The lowest BCUT2D eigenvalue weighted by atomic mass is 10.2. The van der Waals surface area contributed by atoms with Crippen molar-refractivity contribution in [1.29, 1.82) is 0 Å². The third kappa shape index (κ3) is 2.76. The molecule has 0 fully saturated rings. The summed E-state index contributed by atoms with van der Waals surface area (Å²) in [6.45, 7) is 0.248. The average molecular weight is 301 g/mol. The summed E-state index contributed by atoms with van der Waals surface area (Å²) >= 11 is 0. The van der Waals surface area contributed by atoms with Crippen LogP contribution < -0.4 is 10.5 Å². The van der Waals surface area contributed by atoms with Gasteiger partial charge in [0, 0.05) is 29.3 Å². The maximum absolute atomic E-state index is 12.4. The van der Waals surface area contributed by atoms with Gasteiger partial charge in [-0.15, -0.1) is 0 Å². The van der Waals surface area contributed by atoms with Crippen molar-refractivity contribution in [2.45, 2.75) is 11.4 Å². The maximum atomic E-state index is 12.4. The van der Waals surface area contributed by atoms with Gasteiger partial charge in [-0.05, 0) is 23.8 Å². The van der Waals surface area contributed by atoms with Crippen molar-refractivity contribution in [1.82, 2.24) is 9.71 Å². The molecule has 0 aliphatic heterocycles. The molecule has 2 aromatic carbocycles. The quantitative estimate of drug-likeness (QED) is 0.646. The molecule has 21 heavy (non-hydrogen) atoms. The van der Waals surface area contributed by atoms with Gasteiger partial charge in [0.1, 0.15) is 4.90 Å². The molecule has 0 radical (unpaired) electrons. The zero-order valence-corrected chi connectivity index (χ0v) is 12.0. The van der Waals surface area contributed by atoms with Crippen LogP contribution in [0.3, 0.4) is 0 Å². The highest BCUT2D eigenvalue weighted by Gasteiger charge is 2.18. The summed E-state index contributed by atoms with van der Waals surface area (Å²) in [6.07, 6.45) is 1.48. The van der Waals surface area contributed by atoms with E-state index in [1.807, 2.05) is 30.3 Å². The molecule has 0 spiro atoms. The Morgan fingerprint density at radius 1 is 1.10 bits per heavy atom. The fraction of sp³-hybridized carbons (Fsp3) is 0.0667. The van der Waals surface area contributed by atoms with Crippen LogP contribution in [-0.2, 0) is 16.6 Å². The highest BCUT2D eigenvalue weighted by atomic mass is 32.2. The van der Waals surface area contributed by atoms with Crippen LogP contribution in [0, 0.1) is 0 Å². The number of anilines is 1. The number of benzene rings is 2. The van der Waals surface area contributed by atoms with Gasteiger partial charge in [0.25, 0.3) is 0 Å². The van der Waals surface area contributed by atoms with Crippen LogP contribution in [-0.4, -0.2) is 13.4 Å². The molecule has 108 valence electrons. The Morgan fingerprint density at radius 2 is 1.86 bits per heavy atom. The largest absolute Gasteiger partial charge is 0.399 e. The Bertz CT molecular complexity index is 870. The Labute approximate surface area is 122 Å². The summed E-state index contributed by atoms with van der Waals surface area (Å²) in [5, 5.41) is 0.593. The van der Waals surface area contributed by atoms with Gasteiger partial charge in [-0.3, -0.25) is 0 Å². The van der Waals surface area contributed by atoms with Gasteiger partial charge in [-0.25, -0.2) is 13.1 Å². The fourth-order valence-electron chi connectivity index (χ4n) is 2.19. The molecule has 0 aliphatic carbocycles. The summed E-state index contributed by atoms with van der Waals surface area (Å²) < 4.78 is 27.4. The second-order valence-corrected chi connectivity index (χ2v) is 6.50. The minimum Gasteiger partial charge on any atom is -0.399 e. The number of nitrogen functional groups attached to an aromatic ring is 1. The van der Waals surface area contributed by atoms with Gasteiger partial charge in [-0.2, -0.15) is 0 Å². The molecule has 0 saturated carbocycles. The molecule has 6 heteroatoms. The van der Waals surface area contributed by atoms with E-state index < -0.39 is 10.0 Å². The Morgan fingerprint density at radius 3 is 2.62 bits per heavy atom. The van der Waals surface area contributed by atoms with Gasteiger partial charge >= 0.3 is 0 Å². The highest BCUT2D eigenvalue weighted by molar-refractivity contribution is 7.89. The molecule has 3 rings (SSSR count). The predicted molar refractivity (Wildman–Crippen MR) is 83.2 cm³/mol. The Hall–Kier alpha value is -2.31. The first-order chi connectivity index (χ1) is 10.1. The van der Waals surface area contributed by atoms with Crippen molar-refractivity contribution in [3.8, 4) is 0 Å². The van der Waals surface area contributed by atoms with Crippen LogP contribution in [0.15, 0.2) is 59.6 Å². The fourth-order valence-corrected chi connectivity index (χ4v) is 3.37. The number of H-pyrrole nitrogens is 1. The standard InChI is InChI=1S/C15H15N3O2S/c16-12-6-7-14-13(8-12)15(10-17-14)21(19,20)18-9-11-4-2-1-3-5-11/h1-8,10,17-18H,9,16H2. The number of rotatable bonds is 4. The van der Waals surface area contributed by atoms with Crippen LogP contribution in [0.4, 0.5) is 5.69 Å². The first kappa shape index (κ1) is 13.7. The van der Waals surface area contributed by atoms with E-state index in [1.54, 1.807) is 18.2 Å². The van der Waals surface area contributed by atoms with Crippen molar-refractivity contribution >= 4 is 26.6 Å². The summed E-state index contributed by atoms with van der Waals surface area (Å²) in [5.74, 6) is 0. The zero-order valence-electron chi connectivity index (χ0n) is 11.2. The van der Waals surface area contributed by atoms with E-state index in [-0.39, 0.29) is 11.4 Å². The van der Waals surface area contributed by atoms with Gasteiger partial charge in [0.2, 0.25) is 10.0 Å². The minimum absolute atomic E-state index is 0.209. The minimum atomic E-state index is -3.60. The lowest BCUT2D eigenvalue weighted by molar-refractivity contribution is 0.582. The molecule has 3 aromatic rings. The molecule has 0 saturated heterocycles. The van der Waals surface area contributed by atoms with E-state index in [0.717, 1.165) is 11.1 Å². The normalized spacial score (nSPS) is 11.8. The first-order valence-electron chi connectivity index (χ1n) is 6.46. The van der Waals surface area contributed by atoms with Crippen molar-refractivity contribution in [3.63, 3.8) is 0 Å². The van der Waals surface area contributed by atoms with Crippen LogP contribution in [0.5, 0.6) is 0 Å². The van der Waals surface area contributed by atoms with E-state index in [4.69, 9.17) is 5.73 Å². The monoisotopic (exact) mass is 301 g/mol. The first-order valence-corrected chi connectivity index (χ1v) is 7.95. The molecule has 0 amide bonds. The summed E-state index contributed by atoms with van der Waals surface area (Å²) in [7, 11) is -3.60. The smallest absolute Gasteiger partial charge is 0.242 e. The molecule has 0 unspecified atom stereocenters. The van der Waals surface area contributed by atoms with Crippen molar-refractivity contribution in [3.05, 3.63) is 60.3 Å². The topological polar surface area (TPSA) is 88.0 Å². The van der Waals surface area contributed by atoms with Crippen molar-refractivity contribution in [2.24, 2.45) is 0 Å². The summed E-state index contributed by atoms with van der Waals surface area (Å²) in [5.41, 5.74) is 7.90. The van der Waals surface area contributed by atoms with E-state index in [1.165, 1.54) is 6.20 Å². The third-order valence-electron chi connectivity index (χ3n) is 3.27. The van der Waals surface area contributed by atoms with Gasteiger partial charge in [0.15, 0.2) is 0 Å². The molecule has 5 nitrogen and oxygen atoms in total. The zero-order chi connectivity index (χ0) is 14.9. The number of aromatic nitrogens is 1. The number of hydrogen-bond donors (Lipinski definition) is 3. The third-order valence-corrected chi connectivity index (χ3v) is 4.71. The predicted octanol–water partition coefficient (Wildman–Crippen LogP) is 2.23. The molecule has 4 N–H and O–H groups in total. The summed E-state index contributed by atoms with van der Waals surface area (Å²) in [4.78, 5) is 3.15. The second-order valence-electron chi connectivity index (χ2n) is 4.77. The SMILES string of the molecule is Nc1ccc2[nH]cc(S(=O)(=O)NCc3ccccc3)c2c1. The number of nitrogens with two attached hydrogens (primary N) is 1. The van der Waals surface area contributed by atoms with E-state index >= 15 is 0 Å². The molecule has 0 atom stereocenters. The molecular weight excluding hydrogens is 286 g/mol. The molecule has 0 bridgehead atoms. The van der Waals surface area contributed by atoms with Gasteiger partial charge < -0.3 is 10.7 Å². The van der Waals surface area contributed by atoms with Gasteiger partial charge in [0.05, 0.1) is 0 Å². The molecule has 1 heterocycles. The number of hydrogen-bond acceptors (Lipinski definition) is 3. The lowest BCUT2D eigenvalue weighted by Crippen LogP contribution is -2.23. The summed E-state index contributed by atoms with van der Waals surface area (Å²) in [6, 6.07) is 14.5. The number of nitrogens with one attached hydrogen (secondary N) is 2. The van der Waals surface area contributed by atoms with E-state index in [9.17, 15) is 8.42 Å². The van der Waals surface area contributed by atoms with Crippen molar-refractivity contribution < 1.29 is 8.42 Å². The van der Waals surface area contributed by atoms with E-state index in [0.29, 0.717) is 11.1 Å². The molecular formula is C15H15N3O2S. The maximum Gasteiger partial charge on any atom is 0.242 e. The molecule has 0 aliphatic rings. The van der Waals surface area contributed by atoms with Crippen LogP contribution in [0.1, 0.15) is 5.56 Å². The number of aromatic amines is 1. The van der Waals surface area contributed by atoms with Gasteiger partial charge in [-0.1, -0.05) is 30.3 Å².